The first kappa shape index (κ1) is 15.8. The predicted octanol–water partition coefficient (Wildman–Crippen LogP) is 2.74. The van der Waals surface area contributed by atoms with Crippen molar-refractivity contribution in [2.24, 2.45) is 0 Å². The average Bonchev–Trinajstić information content (AvgIpc) is 3.20. The molecule has 0 bridgehead atoms. The van der Waals surface area contributed by atoms with Crippen molar-refractivity contribution < 1.29 is 9.13 Å². The van der Waals surface area contributed by atoms with Gasteiger partial charge in [0.05, 0.1) is 24.2 Å². The van der Waals surface area contributed by atoms with Gasteiger partial charge >= 0.3 is 0 Å². The fraction of sp³-hybridized carbons (Fsp3) is 0.333. The molecule has 1 aliphatic heterocycles. The molecule has 0 saturated carbocycles. The summed E-state index contributed by atoms with van der Waals surface area (Å²) in [5, 5.41) is 0. The largest absolute Gasteiger partial charge is 0.491 e. The third-order valence-electron chi connectivity index (χ3n) is 4.67. The molecule has 1 aliphatic rings. The third-order valence-corrected chi connectivity index (χ3v) is 4.67. The smallest absolute Gasteiger partial charge is 0.223 e. The van der Waals surface area contributed by atoms with Crippen LogP contribution in [-0.4, -0.2) is 33.5 Å². The Hall–Kier alpha value is -2.67. The van der Waals surface area contributed by atoms with Crippen LogP contribution < -0.4 is 10.2 Å². The van der Waals surface area contributed by atoms with Crippen molar-refractivity contribution in [3.8, 4) is 5.75 Å². The Kier molecular flexibility index (Phi) is 4.01. The van der Waals surface area contributed by atoms with Crippen LogP contribution in [0.2, 0.25) is 0 Å². The Labute approximate surface area is 143 Å². The SMILES string of the molecule is COc1c[nH]c(CN2CCC[C@@H]2c2nc3ccc(F)cc3[nH]2)cc1=O. The average molecular weight is 342 g/mol. The fourth-order valence-electron chi connectivity index (χ4n) is 3.45. The van der Waals surface area contributed by atoms with Crippen molar-refractivity contribution in [3.05, 3.63) is 58.0 Å². The minimum absolute atomic E-state index is 0.126. The van der Waals surface area contributed by atoms with Gasteiger partial charge in [0.1, 0.15) is 11.6 Å². The molecule has 3 heterocycles. The van der Waals surface area contributed by atoms with E-state index in [9.17, 15) is 9.18 Å². The van der Waals surface area contributed by atoms with E-state index < -0.39 is 0 Å². The zero-order chi connectivity index (χ0) is 17.4. The number of nitrogens with one attached hydrogen (secondary N) is 2. The first-order chi connectivity index (χ1) is 12.1. The molecule has 2 N–H and O–H groups in total. The Morgan fingerprint density at radius 2 is 2.28 bits per heavy atom. The maximum Gasteiger partial charge on any atom is 0.223 e. The maximum absolute atomic E-state index is 13.4. The number of ether oxygens (including phenoxy) is 1. The van der Waals surface area contributed by atoms with E-state index in [1.54, 1.807) is 18.3 Å². The molecular formula is C18H19FN4O2. The van der Waals surface area contributed by atoms with Crippen molar-refractivity contribution in [2.45, 2.75) is 25.4 Å². The molecule has 0 aliphatic carbocycles. The zero-order valence-electron chi connectivity index (χ0n) is 13.9. The number of rotatable bonds is 4. The number of H-pyrrole nitrogens is 2. The van der Waals surface area contributed by atoms with Crippen LogP contribution in [0, 0.1) is 5.82 Å². The Morgan fingerprint density at radius 1 is 1.40 bits per heavy atom. The Morgan fingerprint density at radius 3 is 3.08 bits per heavy atom. The summed E-state index contributed by atoms with van der Waals surface area (Å²) < 4.78 is 18.4. The van der Waals surface area contributed by atoms with E-state index in [0.717, 1.165) is 36.4 Å². The molecule has 0 radical (unpaired) electrons. The second-order valence-corrected chi connectivity index (χ2v) is 6.30. The number of likely N-dealkylation sites (tertiary alicyclic amines) is 1. The number of halogens is 1. The van der Waals surface area contributed by atoms with Gasteiger partial charge in [0, 0.05) is 24.5 Å². The van der Waals surface area contributed by atoms with Crippen LogP contribution in [0.3, 0.4) is 0 Å². The van der Waals surface area contributed by atoms with Crippen molar-refractivity contribution >= 4 is 11.0 Å². The van der Waals surface area contributed by atoms with E-state index in [-0.39, 0.29) is 17.3 Å². The van der Waals surface area contributed by atoms with E-state index in [1.807, 2.05) is 0 Å². The minimum Gasteiger partial charge on any atom is -0.491 e. The number of benzene rings is 1. The van der Waals surface area contributed by atoms with Gasteiger partial charge in [-0.05, 0) is 37.6 Å². The summed E-state index contributed by atoms with van der Waals surface area (Å²) in [4.78, 5) is 25.2. The lowest BCUT2D eigenvalue weighted by Crippen LogP contribution is -2.24. The number of hydrogen-bond acceptors (Lipinski definition) is 4. The van der Waals surface area contributed by atoms with Crippen LogP contribution >= 0.6 is 0 Å². The molecule has 0 spiro atoms. The highest BCUT2D eigenvalue weighted by molar-refractivity contribution is 5.75. The van der Waals surface area contributed by atoms with Gasteiger partial charge in [-0.25, -0.2) is 9.37 Å². The molecule has 2 aromatic heterocycles. The normalized spacial score (nSPS) is 18.1. The maximum atomic E-state index is 13.4. The molecular weight excluding hydrogens is 323 g/mol. The van der Waals surface area contributed by atoms with Gasteiger partial charge in [0.15, 0.2) is 5.75 Å². The van der Waals surface area contributed by atoms with Crippen molar-refractivity contribution in [2.75, 3.05) is 13.7 Å². The number of imidazole rings is 1. The van der Waals surface area contributed by atoms with Gasteiger partial charge in [0.2, 0.25) is 5.43 Å². The topological polar surface area (TPSA) is 74.0 Å². The van der Waals surface area contributed by atoms with Crippen LogP contribution in [0.5, 0.6) is 5.75 Å². The molecule has 1 fully saturated rings. The van der Waals surface area contributed by atoms with Crippen LogP contribution in [0.15, 0.2) is 35.3 Å². The number of nitrogens with zero attached hydrogens (tertiary/aromatic N) is 2. The van der Waals surface area contributed by atoms with E-state index in [1.165, 1.54) is 19.2 Å². The molecule has 1 aromatic carbocycles. The highest BCUT2D eigenvalue weighted by Crippen LogP contribution is 2.32. The molecule has 7 heteroatoms. The molecule has 130 valence electrons. The minimum atomic E-state index is -0.276. The quantitative estimate of drug-likeness (QED) is 0.765. The molecule has 1 atom stereocenters. The van der Waals surface area contributed by atoms with Gasteiger partial charge in [0.25, 0.3) is 0 Å². The summed E-state index contributed by atoms with van der Waals surface area (Å²) in [5.41, 5.74) is 2.17. The molecule has 1 saturated heterocycles. The lowest BCUT2D eigenvalue weighted by atomic mass is 10.2. The van der Waals surface area contributed by atoms with E-state index in [0.29, 0.717) is 17.8 Å². The highest BCUT2D eigenvalue weighted by atomic mass is 19.1. The number of aromatic nitrogens is 3. The van der Waals surface area contributed by atoms with Gasteiger partial charge in [-0.3, -0.25) is 9.69 Å². The van der Waals surface area contributed by atoms with Gasteiger partial charge in [-0.15, -0.1) is 0 Å². The van der Waals surface area contributed by atoms with E-state index in [2.05, 4.69) is 19.9 Å². The summed E-state index contributed by atoms with van der Waals surface area (Å²) in [5.74, 6) is 0.872. The van der Waals surface area contributed by atoms with Crippen LogP contribution in [0.1, 0.15) is 30.4 Å². The first-order valence-corrected chi connectivity index (χ1v) is 8.29. The summed E-state index contributed by atoms with van der Waals surface area (Å²) in [6, 6.07) is 6.27. The van der Waals surface area contributed by atoms with Gasteiger partial charge in [-0.2, -0.15) is 0 Å². The molecule has 3 aromatic rings. The molecule has 25 heavy (non-hydrogen) atoms. The first-order valence-electron chi connectivity index (χ1n) is 8.29. The van der Waals surface area contributed by atoms with Crippen LogP contribution in [0.4, 0.5) is 4.39 Å². The number of methoxy groups -OCH3 is 1. The predicted molar refractivity (Wildman–Crippen MR) is 92.1 cm³/mol. The van der Waals surface area contributed by atoms with E-state index >= 15 is 0 Å². The lowest BCUT2D eigenvalue weighted by Gasteiger charge is -2.22. The summed E-state index contributed by atoms with van der Waals surface area (Å²) >= 11 is 0. The Balaban J connectivity index is 1.59. The van der Waals surface area contributed by atoms with Crippen molar-refractivity contribution in [1.29, 1.82) is 0 Å². The monoisotopic (exact) mass is 342 g/mol. The van der Waals surface area contributed by atoms with Crippen LogP contribution in [-0.2, 0) is 6.54 Å². The number of pyridine rings is 1. The zero-order valence-corrected chi connectivity index (χ0v) is 13.9. The summed E-state index contributed by atoms with van der Waals surface area (Å²) in [6.45, 7) is 1.54. The number of aromatic amines is 2. The highest BCUT2D eigenvalue weighted by Gasteiger charge is 2.28. The number of hydrogen-bond donors (Lipinski definition) is 2. The second-order valence-electron chi connectivity index (χ2n) is 6.30. The van der Waals surface area contributed by atoms with Gasteiger partial charge < -0.3 is 14.7 Å². The molecule has 0 unspecified atom stereocenters. The molecule has 6 nitrogen and oxygen atoms in total. The third kappa shape index (κ3) is 3.02. The number of fused-ring (bicyclic) bond motifs is 1. The summed E-state index contributed by atoms with van der Waals surface area (Å²) in [6.07, 6.45) is 3.62. The molecule has 0 amide bonds. The van der Waals surface area contributed by atoms with Gasteiger partial charge in [-0.1, -0.05) is 0 Å². The lowest BCUT2D eigenvalue weighted by molar-refractivity contribution is 0.238. The fourth-order valence-corrected chi connectivity index (χ4v) is 3.45. The van der Waals surface area contributed by atoms with Crippen molar-refractivity contribution in [3.63, 3.8) is 0 Å². The Bertz CT molecular complexity index is 965. The molecule has 4 rings (SSSR count). The van der Waals surface area contributed by atoms with E-state index in [4.69, 9.17) is 4.74 Å². The standard InChI is InChI=1S/C18H19FN4O2/c1-25-17-9-20-12(8-16(17)24)10-23-6-2-3-15(23)18-21-13-5-4-11(19)7-14(13)22-18/h4-5,7-9,15H,2-3,6,10H2,1H3,(H,20,24)(H,21,22)/t15-/m1/s1. The van der Waals surface area contributed by atoms with Crippen LogP contribution in [0.25, 0.3) is 11.0 Å². The summed E-state index contributed by atoms with van der Waals surface area (Å²) in [7, 11) is 1.48. The second kappa shape index (κ2) is 6.33. The van der Waals surface area contributed by atoms with Crippen molar-refractivity contribution in [1.82, 2.24) is 19.9 Å².